The molecule has 22 heavy (non-hydrogen) atoms. The van der Waals surface area contributed by atoms with Gasteiger partial charge in [0.05, 0.1) is 6.61 Å². The lowest BCUT2D eigenvalue weighted by atomic mass is 10.1. The molecule has 2 aromatic rings. The van der Waals surface area contributed by atoms with E-state index in [0.29, 0.717) is 13.2 Å². The number of hydrogen-bond acceptors (Lipinski definition) is 3. The van der Waals surface area contributed by atoms with Crippen LogP contribution < -0.4 is 10.1 Å². The van der Waals surface area contributed by atoms with E-state index in [1.807, 2.05) is 30.3 Å². The Morgan fingerprint density at radius 3 is 2.27 bits per heavy atom. The molecular weight excluding hydrogens is 274 g/mol. The number of nitrogens with one attached hydrogen (secondary N) is 1. The zero-order valence-corrected chi connectivity index (χ0v) is 13.0. The van der Waals surface area contributed by atoms with Gasteiger partial charge in [0, 0.05) is 6.54 Å². The van der Waals surface area contributed by atoms with Crippen molar-refractivity contribution < 1.29 is 9.84 Å². The minimum atomic E-state index is 0.215. The SMILES string of the molecule is OCCNCCCCc1ccc(COc2ccccc2)cc1. The Balaban J connectivity index is 1.67. The number of benzene rings is 2. The molecule has 0 bridgehead atoms. The summed E-state index contributed by atoms with van der Waals surface area (Å²) in [5.74, 6) is 0.905. The van der Waals surface area contributed by atoms with Gasteiger partial charge >= 0.3 is 0 Å². The first-order valence-electron chi connectivity index (χ1n) is 7.96. The van der Waals surface area contributed by atoms with Gasteiger partial charge in [0.25, 0.3) is 0 Å². The number of hydrogen-bond donors (Lipinski definition) is 2. The molecule has 3 heteroatoms. The quantitative estimate of drug-likeness (QED) is 0.662. The van der Waals surface area contributed by atoms with Gasteiger partial charge in [-0.05, 0) is 49.1 Å². The number of aliphatic hydroxyl groups excluding tert-OH is 1. The van der Waals surface area contributed by atoms with Crippen LogP contribution in [-0.2, 0) is 13.0 Å². The predicted octanol–water partition coefficient (Wildman–Crippen LogP) is 3.17. The van der Waals surface area contributed by atoms with Crippen LogP contribution in [0.1, 0.15) is 24.0 Å². The lowest BCUT2D eigenvalue weighted by molar-refractivity contribution is 0.292. The number of ether oxygens (including phenoxy) is 1. The smallest absolute Gasteiger partial charge is 0.119 e. The van der Waals surface area contributed by atoms with E-state index in [2.05, 4.69) is 29.6 Å². The van der Waals surface area contributed by atoms with Crippen LogP contribution in [0.15, 0.2) is 54.6 Å². The van der Waals surface area contributed by atoms with Crippen molar-refractivity contribution in [3.63, 3.8) is 0 Å². The van der Waals surface area contributed by atoms with E-state index in [0.717, 1.165) is 31.6 Å². The molecule has 3 nitrogen and oxygen atoms in total. The molecule has 0 saturated heterocycles. The number of aliphatic hydroxyl groups is 1. The van der Waals surface area contributed by atoms with Crippen LogP contribution in [0.4, 0.5) is 0 Å². The highest BCUT2D eigenvalue weighted by molar-refractivity contribution is 5.24. The van der Waals surface area contributed by atoms with E-state index in [1.54, 1.807) is 0 Å². The fourth-order valence-corrected chi connectivity index (χ4v) is 2.27. The third-order valence-corrected chi connectivity index (χ3v) is 3.53. The Bertz CT molecular complexity index is 511. The first-order chi connectivity index (χ1) is 10.9. The molecule has 0 saturated carbocycles. The number of aryl methyl sites for hydroxylation is 1. The Morgan fingerprint density at radius 1 is 0.818 bits per heavy atom. The van der Waals surface area contributed by atoms with Crippen LogP contribution >= 0.6 is 0 Å². The van der Waals surface area contributed by atoms with E-state index >= 15 is 0 Å². The first-order valence-corrected chi connectivity index (χ1v) is 7.96. The highest BCUT2D eigenvalue weighted by atomic mass is 16.5. The van der Waals surface area contributed by atoms with E-state index in [1.165, 1.54) is 11.1 Å². The van der Waals surface area contributed by atoms with Crippen LogP contribution in [-0.4, -0.2) is 24.8 Å². The van der Waals surface area contributed by atoms with Crippen molar-refractivity contribution in [2.24, 2.45) is 0 Å². The van der Waals surface area contributed by atoms with Crippen molar-refractivity contribution in [2.75, 3.05) is 19.7 Å². The molecule has 0 aromatic heterocycles. The molecule has 0 spiro atoms. The zero-order chi connectivity index (χ0) is 15.5. The van der Waals surface area contributed by atoms with Crippen LogP contribution in [0.5, 0.6) is 5.75 Å². The molecule has 2 aromatic carbocycles. The van der Waals surface area contributed by atoms with Crippen LogP contribution in [0.2, 0.25) is 0 Å². The molecule has 0 fully saturated rings. The van der Waals surface area contributed by atoms with Gasteiger partial charge in [0.2, 0.25) is 0 Å². The lowest BCUT2D eigenvalue weighted by Gasteiger charge is -2.07. The minimum Gasteiger partial charge on any atom is -0.489 e. The van der Waals surface area contributed by atoms with E-state index < -0.39 is 0 Å². The summed E-state index contributed by atoms with van der Waals surface area (Å²) in [6.07, 6.45) is 3.40. The molecule has 0 aliphatic heterocycles. The average molecular weight is 299 g/mol. The van der Waals surface area contributed by atoms with Crippen molar-refractivity contribution in [2.45, 2.75) is 25.9 Å². The summed E-state index contributed by atoms with van der Waals surface area (Å²) in [6, 6.07) is 18.5. The molecule has 2 rings (SSSR count). The summed E-state index contributed by atoms with van der Waals surface area (Å²) in [5, 5.41) is 11.9. The highest BCUT2D eigenvalue weighted by Crippen LogP contribution is 2.13. The van der Waals surface area contributed by atoms with Gasteiger partial charge in [-0.25, -0.2) is 0 Å². The van der Waals surface area contributed by atoms with Crippen molar-refractivity contribution in [3.05, 3.63) is 65.7 Å². The standard InChI is InChI=1S/C19H25NO2/c21-15-14-20-13-5-4-6-17-9-11-18(12-10-17)16-22-19-7-2-1-3-8-19/h1-3,7-12,20-21H,4-6,13-16H2. The molecule has 0 aliphatic rings. The fourth-order valence-electron chi connectivity index (χ4n) is 2.27. The number of unbranched alkanes of at least 4 members (excludes halogenated alkanes) is 1. The number of rotatable bonds is 10. The van der Waals surface area contributed by atoms with Crippen molar-refractivity contribution >= 4 is 0 Å². The van der Waals surface area contributed by atoms with Gasteiger partial charge in [-0.1, -0.05) is 42.5 Å². The third kappa shape index (κ3) is 6.29. The van der Waals surface area contributed by atoms with Crippen molar-refractivity contribution in [1.82, 2.24) is 5.32 Å². The molecule has 2 N–H and O–H groups in total. The van der Waals surface area contributed by atoms with Gasteiger partial charge in [0.15, 0.2) is 0 Å². The summed E-state index contributed by atoms with van der Waals surface area (Å²) >= 11 is 0. The number of para-hydroxylation sites is 1. The Labute approximate surface area is 133 Å². The van der Waals surface area contributed by atoms with Gasteiger partial charge in [-0.2, -0.15) is 0 Å². The second-order valence-electron chi connectivity index (χ2n) is 5.35. The molecule has 0 heterocycles. The van der Waals surface area contributed by atoms with Gasteiger partial charge in [-0.15, -0.1) is 0 Å². The van der Waals surface area contributed by atoms with Gasteiger partial charge < -0.3 is 15.2 Å². The Kier molecular flexibility index (Phi) is 7.50. The van der Waals surface area contributed by atoms with Crippen LogP contribution in [0.3, 0.4) is 0 Å². The predicted molar refractivity (Wildman–Crippen MR) is 90.1 cm³/mol. The maximum Gasteiger partial charge on any atom is 0.119 e. The van der Waals surface area contributed by atoms with Crippen LogP contribution in [0.25, 0.3) is 0 Å². The molecular formula is C19H25NO2. The Hall–Kier alpha value is -1.84. The van der Waals surface area contributed by atoms with E-state index in [-0.39, 0.29) is 6.61 Å². The summed E-state index contributed by atoms with van der Waals surface area (Å²) in [6.45, 7) is 2.49. The van der Waals surface area contributed by atoms with Gasteiger partial charge in [0.1, 0.15) is 12.4 Å². The molecule has 0 atom stereocenters. The largest absolute Gasteiger partial charge is 0.489 e. The fraction of sp³-hybridized carbons (Fsp3) is 0.368. The van der Waals surface area contributed by atoms with Gasteiger partial charge in [-0.3, -0.25) is 0 Å². The van der Waals surface area contributed by atoms with Crippen molar-refractivity contribution in [3.8, 4) is 5.75 Å². The maximum atomic E-state index is 8.67. The molecule has 0 radical (unpaired) electrons. The van der Waals surface area contributed by atoms with Crippen LogP contribution in [0, 0.1) is 0 Å². The monoisotopic (exact) mass is 299 g/mol. The highest BCUT2D eigenvalue weighted by Gasteiger charge is 1.97. The molecule has 0 aliphatic carbocycles. The summed E-state index contributed by atoms with van der Waals surface area (Å²) in [5.41, 5.74) is 2.56. The second-order valence-corrected chi connectivity index (χ2v) is 5.35. The second kappa shape index (κ2) is 9.98. The summed E-state index contributed by atoms with van der Waals surface area (Å²) < 4.78 is 5.74. The topological polar surface area (TPSA) is 41.5 Å². The molecule has 0 amide bonds. The average Bonchev–Trinajstić information content (AvgIpc) is 2.58. The molecule has 118 valence electrons. The zero-order valence-electron chi connectivity index (χ0n) is 13.0. The lowest BCUT2D eigenvalue weighted by Crippen LogP contribution is -2.19. The summed E-state index contributed by atoms with van der Waals surface area (Å²) in [7, 11) is 0. The van der Waals surface area contributed by atoms with E-state index in [9.17, 15) is 0 Å². The summed E-state index contributed by atoms with van der Waals surface area (Å²) in [4.78, 5) is 0. The first kappa shape index (κ1) is 16.5. The third-order valence-electron chi connectivity index (χ3n) is 3.53. The minimum absolute atomic E-state index is 0.215. The van der Waals surface area contributed by atoms with Crippen molar-refractivity contribution in [1.29, 1.82) is 0 Å². The Morgan fingerprint density at radius 2 is 1.55 bits per heavy atom. The van der Waals surface area contributed by atoms with E-state index in [4.69, 9.17) is 9.84 Å². The normalized spacial score (nSPS) is 10.6. The molecule has 0 unspecified atom stereocenters. The maximum absolute atomic E-state index is 8.67.